The molecule has 102 valence electrons. The number of ether oxygens (including phenoxy) is 1. The highest BCUT2D eigenvalue weighted by Gasteiger charge is 2.21. The second-order valence-electron chi connectivity index (χ2n) is 5.24. The van der Waals surface area contributed by atoms with Gasteiger partial charge in [0.05, 0.1) is 6.10 Å². The fraction of sp³-hybridized carbons (Fsp3) is 0.529. The Labute approximate surface area is 116 Å². The lowest BCUT2D eigenvalue weighted by Crippen LogP contribution is -2.26. The topological polar surface area (TPSA) is 12.5 Å². The van der Waals surface area contributed by atoms with Gasteiger partial charge in [-0.3, -0.25) is 0 Å². The van der Waals surface area contributed by atoms with Crippen LogP contribution in [-0.2, 0) is 4.74 Å². The van der Waals surface area contributed by atoms with E-state index in [4.69, 9.17) is 11.2 Å². The lowest BCUT2D eigenvalue weighted by Gasteiger charge is -2.21. The van der Waals surface area contributed by atoms with Gasteiger partial charge in [0.25, 0.3) is 0 Å². The van der Waals surface area contributed by atoms with Crippen molar-refractivity contribution in [3.8, 4) is 12.3 Å². The molecule has 0 aliphatic carbocycles. The van der Waals surface area contributed by atoms with Crippen LogP contribution < -0.4 is 0 Å². The summed E-state index contributed by atoms with van der Waals surface area (Å²) in [5.41, 5.74) is 1.18. The summed E-state index contributed by atoms with van der Waals surface area (Å²) in [6.07, 6.45) is 9.84. The Kier molecular flexibility index (Phi) is 5.44. The highest BCUT2D eigenvalue weighted by molar-refractivity contribution is 5.18. The SMILES string of the molecule is C#CCC(OCCC1CCCN1C)c1ccccc1. The molecule has 19 heavy (non-hydrogen) atoms. The van der Waals surface area contributed by atoms with E-state index in [0.717, 1.165) is 13.0 Å². The van der Waals surface area contributed by atoms with Gasteiger partial charge in [-0.2, -0.15) is 0 Å². The predicted molar refractivity (Wildman–Crippen MR) is 78.9 cm³/mol. The number of likely N-dealkylation sites (tertiary alicyclic amines) is 1. The molecule has 0 saturated carbocycles. The van der Waals surface area contributed by atoms with Crippen molar-refractivity contribution in [1.82, 2.24) is 4.90 Å². The Bertz CT molecular complexity index is 409. The third kappa shape index (κ3) is 4.09. The molecule has 0 radical (unpaired) electrons. The highest BCUT2D eigenvalue weighted by Crippen LogP contribution is 2.23. The van der Waals surface area contributed by atoms with Crippen molar-refractivity contribution in [3.63, 3.8) is 0 Å². The molecule has 2 rings (SSSR count). The van der Waals surface area contributed by atoms with E-state index in [9.17, 15) is 0 Å². The molecule has 1 aliphatic rings. The first-order valence-corrected chi connectivity index (χ1v) is 7.11. The van der Waals surface area contributed by atoms with Crippen molar-refractivity contribution in [2.75, 3.05) is 20.2 Å². The number of rotatable bonds is 6. The Morgan fingerprint density at radius 3 is 2.84 bits per heavy atom. The Balaban J connectivity index is 1.83. The summed E-state index contributed by atoms with van der Waals surface area (Å²) >= 11 is 0. The highest BCUT2D eigenvalue weighted by atomic mass is 16.5. The molecule has 2 unspecified atom stereocenters. The maximum atomic E-state index is 6.01. The van der Waals surface area contributed by atoms with Crippen molar-refractivity contribution in [2.24, 2.45) is 0 Å². The summed E-state index contributed by atoms with van der Waals surface area (Å²) < 4.78 is 6.01. The van der Waals surface area contributed by atoms with Crippen molar-refractivity contribution in [2.45, 2.75) is 37.8 Å². The Hall–Kier alpha value is -1.30. The lowest BCUT2D eigenvalue weighted by molar-refractivity contribution is 0.0445. The van der Waals surface area contributed by atoms with Crippen molar-refractivity contribution < 1.29 is 4.74 Å². The fourth-order valence-electron chi connectivity index (χ4n) is 2.74. The lowest BCUT2D eigenvalue weighted by atomic mass is 10.1. The van der Waals surface area contributed by atoms with Gasteiger partial charge in [0, 0.05) is 19.1 Å². The Morgan fingerprint density at radius 1 is 1.42 bits per heavy atom. The molecule has 1 aliphatic heterocycles. The van der Waals surface area contributed by atoms with Crippen molar-refractivity contribution >= 4 is 0 Å². The normalized spacial score (nSPS) is 21.2. The van der Waals surface area contributed by atoms with Gasteiger partial charge >= 0.3 is 0 Å². The van der Waals surface area contributed by atoms with Gasteiger partial charge in [-0.05, 0) is 38.4 Å². The molecule has 1 aromatic rings. The maximum absolute atomic E-state index is 6.01. The molecule has 0 bridgehead atoms. The van der Waals surface area contributed by atoms with Crippen LogP contribution in [0.25, 0.3) is 0 Å². The predicted octanol–water partition coefficient (Wildman–Crippen LogP) is 3.25. The number of nitrogens with zero attached hydrogens (tertiary/aromatic N) is 1. The number of hydrogen-bond acceptors (Lipinski definition) is 2. The maximum Gasteiger partial charge on any atom is 0.0933 e. The average Bonchev–Trinajstić information content (AvgIpc) is 2.84. The van der Waals surface area contributed by atoms with Gasteiger partial charge in [-0.25, -0.2) is 0 Å². The molecule has 0 aromatic heterocycles. The molecule has 1 aromatic carbocycles. The van der Waals surface area contributed by atoms with Gasteiger partial charge < -0.3 is 9.64 Å². The molecule has 1 fully saturated rings. The van der Waals surface area contributed by atoms with Gasteiger partial charge in [0.1, 0.15) is 0 Å². The molecule has 2 heteroatoms. The number of benzene rings is 1. The minimum atomic E-state index is 0.0397. The standard InChI is InChI=1S/C17H23NO/c1-3-8-17(15-9-5-4-6-10-15)19-14-12-16-11-7-13-18(16)2/h1,4-6,9-10,16-17H,7-8,11-14H2,2H3. The van der Waals surface area contributed by atoms with Gasteiger partial charge in [0.15, 0.2) is 0 Å². The van der Waals surface area contributed by atoms with Crippen LogP contribution in [0.3, 0.4) is 0 Å². The summed E-state index contributed by atoms with van der Waals surface area (Å²) in [4.78, 5) is 2.43. The summed E-state index contributed by atoms with van der Waals surface area (Å²) in [5.74, 6) is 2.72. The third-order valence-corrected chi connectivity index (χ3v) is 3.92. The van der Waals surface area contributed by atoms with E-state index in [1.807, 2.05) is 18.2 Å². The third-order valence-electron chi connectivity index (χ3n) is 3.92. The fourth-order valence-corrected chi connectivity index (χ4v) is 2.74. The van der Waals surface area contributed by atoms with Crippen LogP contribution in [0.15, 0.2) is 30.3 Å². The van der Waals surface area contributed by atoms with E-state index < -0.39 is 0 Å². The van der Waals surface area contributed by atoms with Gasteiger partial charge in [0.2, 0.25) is 0 Å². The largest absolute Gasteiger partial charge is 0.372 e. The molecular formula is C17H23NO. The molecule has 0 spiro atoms. The molecule has 1 heterocycles. The van der Waals surface area contributed by atoms with Crippen LogP contribution in [-0.4, -0.2) is 31.1 Å². The van der Waals surface area contributed by atoms with E-state index in [-0.39, 0.29) is 6.10 Å². The molecular weight excluding hydrogens is 234 g/mol. The van der Waals surface area contributed by atoms with E-state index >= 15 is 0 Å². The summed E-state index contributed by atoms with van der Waals surface area (Å²) in [6, 6.07) is 10.9. The number of terminal acetylenes is 1. The first kappa shape index (κ1) is 14.1. The van der Waals surface area contributed by atoms with Crippen LogP contribution in [0, 0.1) is 12.3 Å². The molecule has 0 N–H and O–H groups in total. The van der Waals surface area contributed by atoms with E-state index in [2.05, 4.69) is 30.0 Å². The van der Waals surface area contributed by atoms with Crippen LogP contribution in [0.4, 0.5) is 0 Å². The average molecular weight is 257 g/mol. The Morgan fingerprint density at radius 2 is 2.21 bits per heavy atom. The van der Waals surface area contributed by atoms with Gasteiger partial charge in [-0.15, -0.1) is 12.3 Å². The molecule has 0 amide bonds. The number of hydrogen-bond donors (Lipinski definition) is 0. The van der Waals surface area contributed by atoms with E-state index in [0.29, 0.717) is 12.5 Å². The van der Waals surface area contributed by atoms with Crippen LogP contribution in [0.2, 0.25) is 0 Å². The molecule has 1 saturated heterocycles. The molecule has 2 nitrogen and oxygen atoms in total. The summed E-state index contributed by atoms with van der Waals surface area (Å²) in [7, 11) is 2.20. The van der Waals surface area contributed by atoms with Gasteiger partial charge in [-0.1, -0.05) is 30.3 Å². The minimum Gasteiger partial charge on any atom is -0.372 e. The minimum absolute atomic E-state index is 0.0397. The van der Waals surface area contributed by atoms with E-state index in [1.54, 1.807) is 0 Å². The van der Waals surface area contributed by atoms with E-state index in [1.165, 1.54) is 24.9 Å². The zero-order valence-electron chi connectivity index (χ0n) is 11.7. The van der Waals surface area contributed by atoms with Crippen LogP contribution in [0.5, 0.6) is 0 Å². The van der Waals surface area contributed by atoms with Crippen molar-refractivity contribution in [3.05, 3.63) is 35.9 Å². The van der Waals surface area contributed by atoms with Crippen molar-refractivity contribution in [1.29, 1.82) is 0 Å². The zero-order chi connectivity index (χ0) is 13.5. The molecule has 2 atom stereocenters. The first-order valence-electron chi connectivity index (χ1n) is 7.11. The summed E-state index contributed by atoms with van der Waals surface area (Å²) in [5, 5.41) is 0. The first-order chi connectivity index (χ1) is 9.31. The van der Waals surface area contributed by atoms with Crippen LogP contribution in [0.1, 0.15) is 37.4 Å². The smallest absolute Gasteiger partial charge is 0.0933 e. The monoisotopic (exact) mass is 257 g/mol. The second-order valence-corrected chi connectivity index (χ2v) is 5.24. The van der Waals surface area contributed by atoms with Crippen LogP contribution >= 0.6 is 0 Å². The second kappa shape index (κ2) is 7.33. The quantitative estimate of drug-likeness (QED) is 0.725. The summed E-state index contributed by atoms with van der Waals surface area (Å²) in [6.45, 7) is 2.01. The zero-order valence-corrected chi connectivity index (χ0v) is 11.7.